The van der Waals surface area contributed by atoms with Crippen molar-refractivity contribution >= 4 is 39.6 Å². The molecule has 1 atom stereocenters. The smallest absolute Gasteiger partial charge is 0.201 e. The van der Waals surface area contributed by atoms with E-state index in [1.54, 1.807) is 0 Å². The normalized spacial score (nSPS) is 18.5. The van der Waals surface area contributed by atoms with E-state index in [1.807, 2.05) is 0 Å². The molecule has 1 unspecified atom stereocenters. The lowest BCUT2D eigenvalue weighted by atomic mass is 10.2. The molecule has 5 nitrogen and oxygen atoms in total. The van der Waals surface area contributed by atoms with Crippen molar-refractivity contribution in [3.8, 4) is 0 Å². The van der Waals surface area contributed by atoms with Gasteiger partial charge >= 0.3 is 0 Å². The Kier molecular flexibility index (Phi) is 4.13. The van der Waals surface area contributed by atoms with E-state index in [2.05, 4.69) is 62.2 Å². The van der Waals surface area contributed by atoms with Gasteiger partial charge in [0.2, 0.25) is 5.95 Å². The summed E-state index contributed by atoms with van der Waals surface area (Å²) >= 11 is 2.30. The van der Waals surface area contributed by atoms with Crippen molar-refractivity contribution in [2.45, 2.75) is 13.0 Å². The van der Waals surface area contributed by atoms with Crippen LogP contribution in [0.3, 0.4) is 0 Å². The molecule has 2 aromatic rings. The first-order chi connectivity index (χ1) is 9.65. The summed E-state index contributed by atoms with van der Waals surface area (Å²) in [5.41, 5.74) is 8.21. The molecule has 1 aromatic heterocycles. The predicted octanol–water partition coefficient (Wildman–Crippen LogP) is 2.12. The fraction of sp³-hybridized carbons (Fsp3) is 0.500. The maximum absolute atomic E-state index is 6.12. The number of nitrogen functional groups attached to an aromatic ring is 1. The third-order valence-corrected chi connectivity index (χ3v) is 4.42. The molecule has 1 aromatic carbocycles. The minimum absolute atomic E-state index is 0.304. The maximum atomic E-state index is 6.12. The average molecular weight is 386 g/mol. The van der Waals surface area contributed by atoms with E-state index in [4.69, 9.17) is 10.5 Å². The van der Waals surface area contributed by atoms with Gasteiger partial charge in [0.25, 0.3) is 0 Å². The molecule has 1 aliphatic heterocycles. The number of ether oxygens (including phenoxy) is 1. The average Bonchev–Trinajstić information content (AvgIpc) is 2.74. The van der Waals surface area contributed by atoms with E-state index in [1.165, 1.54) is 3.57 Å². The Hall–Kier alpha value is -0.860. The van der Waals surface area contributed by atoms with E-state index in [0.29, 0.717) is 12.0 Å². The van der Waals surface area contributed by atoms with Crippen LogP contribution < -0.4 is 5.73 Å². The summed E-state index contributed by atoms with van der Waals surface area (Å²) in [4.78, 5) is 6.90. The predicted molar refractivity (Wildman–Crippen MR) is 88.8 cm³/mol. The Morgan fingerprint density at radius 1 is 1.40 bits per heavy atom. The Morgan fingerprint density at radius 2 is 2.15 bits per heavy atom. The molecule has 2 heterocycles. The first-order valence-corrected chi connectivity index (χ1v) is 7.96. The van der Waals surface area contributed by atoms with Gasteiger partial charge in [0.15, 0.2) is 0 Å². The second-order valence-corrected chi connectivity index (χ2v) is 6.48. The van der Waals surface area contributed by atoms with Crippen LogP contribution in [0.25, 0.3) is 11.0 Å². The van der Waals surface area contributed by atoms with E-state index in [0.717, 1.165) is 43.9 Å². The van der Waals surface area contributed by atoms with Gasteiger partial charge in [-0.3, -0.25) is 4.90 Å². The van der Waals surface area contributed by atoms with Gasteiger partial charge in [0.05, 0.1) is 24.2 Å². The Morgan fingerprint density at radius 3 is 2.90 bits per heavy atom. The third kappa shape index (κ3) is 2.77. The summed E-state index contributed by atoms with van der Waals surface area (Å²) in [5.74, 6) is 0.600. The highest BCUT2D eigenvalue weighted by Crippen LogP contribution is 2.25. The molecular formula is C14H19IN4O. The molecule has 1 aliphatic rings. The summed E-state index contributed by atoms with van der Waals surface area (Å²) in [5, 5.41) is 0. The van der Waals surface area contributed by atoms with Crippen LogP contribution in [0.5, 0.6) is 0 Å². The minimum Gasteiger partial charge on any atom is -0.379 e. The Labute approximate surface area is 132 Å². The number of nitrogens with two attached hydrogens (primary N) is 1. The molecular weight excluding hydrogens is 367 g/mol. The van der Waals surface area contributed by atoms with Crippen molar-refractivity contribution in [2.24, 2.45) is 0 Å². The summed E-state index contributed by atoms with van der Waals surface area (Å²) in [6.07, 6.45) is 0. The maximum Gasteiger partial charge on any atom is 0.201 e. The highest BCUT2D eigenvalue weighted by molar-refractivity contribution is 14.1. The van der Waals surface area contributed by atoms with Gasteiger partial charge in [-0.25, -0.2) is 4.98 Å². The van der Waals surface area contributed by atoms with Gasteiger partial charge < -0.3 is 15.0 Å². The first-order valence-electron chi connectivity index (χ1n) is 6.88. The van der Waals surface area contributed by atoms with Crippen LogP contribution in [-0.2, 0) is 4.74 Å². The van der Waals surface area contributed by atoms with Gasteiger partial charge in [0.1, 0.15) is 0 Å². The van der Waals surface area contributed by atoms with Crippen molar-refractivity contribution in [3.05, 3.63) is 21.8 Å². The zero-order valence-electron chi connectivity index (χ0n) is 11.6. The second kappa shape index (κ2) is 5.87. The number of rotatable bonds is 3. The van der Waals surface area contributed by atoms with Crippen molar-refractivity contribution in [1.82, 2.24) is 14.5 Å². The largest absolute Gasteiger partial charge is 0.379 e. The number of benzene rings is 1. The Bertz CT molecular complexity index is 606. The topological polar surface area (TPSA) is 56.3 Å². The van der Waals surface area contributed by atoms with Crippen molar-refractivity contribution in [2.75, 3.05) is 38.6 Å². The molecule has 6 heteroatoms. The van der Waals surface area contributed by atoms with Gasteiger partial charge in [-0.1, -0.05) is 0 Å². The zero-order valence-corrected chi connectivity index (χ0v) is 13.7. The summed E-state index contributed by atoms with van der Waals surface area (Å²) < 4.78 is 8.71. The number of anilines is 1. The fourth-order valence-electron chi connectivity index (χ4n) is 2.79. The lowest BCUT2D eigenvalue weighted by Crippen LogP contribution is -2.39. The molecule has 0 aliphatic carbocycles. The van der Waals surface area contributed by atoms with E-state index < -0.39 is 0 Å². The van der Waals surface area contributed by atoms with Crippen LogP contribution >= 0.6 is 22.6 Å². The van der Waals surface area contributed by atoms with Gasteiger partial charge in [0, 0.05) is 29.2 Å². The molecule has 0 radical (unpaired) electrons. The molecule has 1 fully saturated rings. The quantitative estimate of drug-likeness (QED) is 0.822. The van der Waals surface area contributed by atoms with E-state index >= 15 is 0 Å². The summed E-state index contributed by atoms with van der Waals surface area (Å²) in [7, 11) is 0. The number of aromatic nitrogens is 2. The zero-order chi connectivity index (χ0) is 14.1. The molecule has 0 saturated carbocycles. The number of morpholine rings is 1. The molecule has 108 valence electrons. The Balaban J connectivity index is 1.86. The number of halogens is 1. The monoisotopic (exact) mass is 386 g/mol. The molecule has 1 saturated heterocycles. The standard InChI is InChI=1S/C14H19IN4O/c1-10(9-18-4-6-20-7-5-18)19-13-3-2-11(15)8-12(13)17-14(19)16/h2-3,8,10H,4-7,9H2,1H3,(H2,16,17). The van der Waals surface area contributed by atoms with Gasteiger partial charge in [-0.2, -0.15) is 0 Å². The van der Waals surface area contributed by atoms with Gasteiger partial charge in [-0.15, -0.1) is 0 Å². The number of hydrogen-bond donors (Lipinski definition) is 1. The highest BCUT2D eigenvalue weighted by atomic mass is 127. The van der Waals surface area contributed by atoms with Crippen LogP contribution in [-0.4, -0.2) is 47.3 Å². The minimum atomic E-state index is 0.304. The van der Waals surface area contributed by atoms with Crippen LogP contribution in [0.1, 0.15) is 13.0 Å². The number of imidazole rings is 1. The van der Waals surface area contributed by atoms with Crippen LogP contribution in [0, 0.1) is 3.57 Å². The number of hydrogen-bond acceptors (Lipinski definition) is 4. The number of nitrogens with zero attached hydrogens (tertiary/aromatic N) is 3. The SMILES string of the molecule is CC(CN1CCOCC1)n1c(N)nc2cc(I)ccc21. The molecule has 2 N–H and O–H groups in total. The van der Waals surface area contributed by atoms with E-state index in [9.17, 15) is 0 Å². The van der Waals surface area contributed by atoms with Crippen LogP contribution in [0.4, 0.5) is 5.95 Å². The molecule has 0 amide bonds. The lowest BCUT2D eigenvalue weighted by molar-refractivity contribution is 0.0329. The summed E-state index contributed by atoms with van der Waals surface area (Å²) in [6, 6.07) is 6.58. The number of fused-ring (bicyclic) bond motifs is 1. The lowest BCUT2D eigenvalue weighted by Gasteiger charge is -2.30. The van der Waals surface area contributed by atoms with Crippen molar-refractivity contribution < 1.29 is 4.74 Å². The van der Waals surface area contributed by atoms with Crippen LogP contribution in [0.15, 0.2) is 18.2 Å². The third-order valence-electron chi connectivity index (χ3n) is 3.75. The highest BCUT2D eigenvalue weighted by Gasteiger charge is 2.18. The second-order valence-electron chi connectivity index (χ2n) is 5.24. The van der Waals surface area contributed by atoms with Crippen molar-refractivity contribution in [1.29, 1.82) is 0 Å². The first kappa shape index (κ1) is 14.1. The molecule has 20 heavy (non-hydrogen) atoms. The summed E-state index contributed by atoms with van der Waals surface area (Å²) in [6.45, 7) is 6.82. The van der Waals surface area contributed by atoms with Crippen molar-refractivity contribution in [3.63, 3.8) is 0 Å². The molecule has 0 bridgehead atoms. The fourth-order valence-corrected chi connectivity index (χ4v) is 3.27. The van der Waals surface area contributed by atoms with Crippen LogP contribution in [0.2, 0.25) is 0 Å². The van der Waals surface area contributed by atoms with Gasteiger partial charge in [-0.05, 0) is 47.7 Å². The molecule has 3 rings (SSSR count). The molecule has 0 spiro atoms. The van der Waals surface area contributed by atoms with E-state index in [-0.39, 0.29) is 0 Å².